The zero-order valence-electron chi connectivity index (χ0n) is 6.19. The Morgan fingerprint density at radius 2 is 1.80 bits per heavy atom. The molecule has 10 heavy (non-hydrogen) atoms. The van der Waals surface area contributed by atoms with Crippen molar-refractivity contribution in [2.24, 2.45) is 0 Å². The molecule has 0 saturated heterocycles. The predicted molar refractivity (Wildman–Crippen MR) is 35.6 cm³/mol. The zero-order chi connectivity index (χ0) is 8.15. The van der Waals surface area contributed by atoms with Crippen LogP contribution in [0, 0.1) is 0 Å². The third-order valence-electron chi connectivity index (χ3n) is 1.23. The minimum atomic E-state index is -1.13. The maximum atomic E-state index is 8.95. The lowest BCUT2D eigenvalue weighted by atomic mass is 10.1. The molecule has 0 rings (SSSR count). The molecule has 0 aliphatic carbocycles. The summed E-state index contributed by atoms with van der Waals surface area (Å²) in [6.07, 6.45) is -3.06. The zero-order valence-corrected chi connectivity index (χ0v) is 6.19. The molecule has 3 unspecified atom stereocenters. The number of aliphatic hydroxyl groups is 3. The van der Waals surface area contributed by atoms with Gasteiger partial charge in [0.05, 0.1) is 12.7 Å². The molecule has 62 valence electrons. The standard InChI is InChI=1S/C6H14O4/c1-4(7)6(9)5(8)3-10-2/h4-9H,3H2,1-2H3. The first kappa shape index (κ1) is 9.84. The molecule has 3 atom stereocenters. The van der Waals surface area contributed by atoms with Crippen LogP contribution in [0.3, 0.4) is 0 Å². The van der Waals surface area contributed by atoms with Crippen molar-refractivity contribution in [1.29, 1.82) is 0 Å². The van der Waals surface area contributed by atoms with Gasteiger partial charge in [-0.05, 0) is 6.92 Å². The minimum absolute atomic E-state index is 0.0338. The molecule has 0 heterocycles. The second-order valence-corrected chi connectivity index (χ2v) is 2.25. The summed E-state index contributed by atoms with van der Waals surface area (Å²) in [5.74, 6) is 0. The monoisotopic (exact) mass is 150 g/mol. The Hall–Kier alpha value is -0.160. The van der Waals surface area contributed by atoms with Crippen LogP contribution in [0.4, 0.5) is 0 Å². The van der Waals surface area contributed by atoms with Gasteiger partial charge in [-0.2, -0.15) is 0 Å². The van der Waals surface area contributed by atoms with Crippen LogP contribution in [-0.4, -0.2) is 47.3 Å². The van der Waals surface area contributed by atoms with E-state index in [1.807, 2.05) is 0 Å². The van der Waals surface area contributed by atoms with E-state index in [1.54, 1.807) is 0 Å². The van der Waals surface area contributed by atoms with Gasteiger partial charge in [0.25, 0.3) is 0 Å². The first-order valence-electron chi connectivity index (χ1n) is 3.12. The van der Waals surface area contributed by atoms with Gasteiger partial charge in [0, 0.05) is 7.11 Å². The van der Waals surface area contributed by atoms with E-state index >= 15 is 0 Å². The van der Waals surface area contributed by atoms with Crippen LogP contribution in [0.5, 0.6) is 0 Å². The fourth-order valence-electron chi connectivity index (χ4n) is 0.591. The van der Waals surface area contributed by atoms with Crippen LogP contribution < -0.4 is 0 Å². The molecule has 4 heteroatoms. The first-order valence-corrected chi connectivity index (χ1v) is 3.12. The largest absolute Gasteiger partial charge is 0.391 e. The molecule has 3 N–H and O–H groups in total. The summed E-state index contributed by atoms with van der Waals surface area (Å²) in [6, 6.07) is 0. The summed E-state index contributed by atoms with van der Waals surface area (Å²) < 4.78 is 4.55. The highest BCUT2D eigenvalue weighted by atomic mass is 16.5. The summed E-state index contributed by atoms with van der Waals surface area (Å²) in [5.41, 5.74) is 0. The fraction of sp³-hybridized carbons (Fsp3) is 1.00. The van der Waals surface area contributed by atoms with Gasteiger partial charge in [-0.25, -0.2) is 0 Å². The van der Waals surface area contributed by atoms with Crippen LogP contribution in [0.2, 0.25) is 0 Å². The Balaban J connectivity index is 3.58. The van der Waals surface area contributed by atoms with Gasteiger partial charge in [-0.1, -0.05) is 0 Å². The molecule has 0 aliphatic rings. The average Bonchev–Trinajstić information content (AvgIpc) is 1.87. The molecule has 0 aromatic heterocycles. The van der Waals surface area contributed by atoms with Crippen molar-refractivity contribution in [3.63, 3.8) is 0 Å². The van der Waals surface area contributed by atoms with Gasteiger partial charge >= 0.3 is 0 Å². The van der Waals surface area contributed by atoms with Crippen LogP contribution in [0.25, 0.3) is 0 Å². The van der Waals surface area contributed by atoms with Crippen LogP contribution in [0.15, 0.2) is 0 Å². The molecule has 0 aromatic carbocycles. The van der Waals surface area contributed by atoms with Crippen molar-refractivity contribution in [2.75, 3.05) is 13.7 Å². The van der Waals surface area contributed by atoms with Crippen molar-refractivity contribution < 1.29 is 20.1 Å². The lowest BCUT2D eigenvalue weighted by molar-refractivity contribution is -0.0761. The van der Waals surface area contributed by atoms with Crippen molar-refractivity contribution in [3.8, 4) is 0 Å². The Morgan fingerprint density at radius 1 is 1.30 bits per heavy atom. The molecule has 0 saturated carbocycles. The number of hydrogen-bond donors (Lipinski definition) is 3. The van der Waals surface area contributed by atoms with Gasteiger partial charge in [-0.15, -0.1) is 0 Å². The summed E-state index contributed by atoms with van der Waals surface area (Å²) >= 11 is 0. The normalized spacial score (nSPS) is 20.1. The topological polar surface area (TPSA) is 69.9 Å². The summed E-state index contributed by atoms with van der Waals surface area (Å²) in [4.78, 5) is 0. The molecule has 0 spiro atoms. The van der Waals surface area contributed by atoms with Crippen LogP contribution >= 0.6 is 0 Å². The first-order chi connectivity index (χ1) is 4.59. The average molecular weight is 150 g/mol. The van der Waals surface area contributed by atoms with E-state index in [4.69, 9.17) is 15.3 Å². The summed E-state index contributed by atoms with van der Waals surface area (Å²) in [7, 11) is 1.41. The molecule has 0 bridgehead atoms. The van der Waals surface area contributed by atoms with Crippen LogP contribution in [0.1, 0.15) is 6.92 Å². The van der Waals surface area contributed by atoms with E-state index in [0.717, 1.165) is 0 Å². The number of ether oxygens (including phenoxy) is 1. The highest BCUT2D eigenvalue weighted by Crippen LogP contribution is 1.98. The number of rotatable bonds is 4. The van der Waals surface area contributed by atoms with Crippen LogP contribution in [-0.2, 0) is 4.74 Å². The minimum Gasteiger partial charge on any atom is -0.391 e. The number of aliphatic hydroxyl groups excluding tert-OH is 3. The molecule has 0 fully saturated rings. The number of hydrogen-bond acceptors (Lipinski definition) is 4. The third kappa shape index (κ3) is 3.12. The van der Waals surface area contributed by atoms with E-state index in [1.165, 1.54) is 14.0 Å². The highest BCUT2D eigenvalue weighted by Gasteiger charge is 2.20. The molecule has 0 radical (unpaired) electrons. The van der Waals surface area contributed by atoms with Gasteiger partial charge in [0.15, 0.2) is 0 Å². The molecule has 0 amide bonds. The maximum absolute atomic E-state index is 8.95. The van der Waals surface area contributed by atoms with E-state index in [-0.39, 0.29) is 6.61 Å². The van der Waals surface area contributed by atoms with E-state index in [2.05, 4.69) is 4.74 Å². The smallest absolute Gasteiger partial charge is 0.108 e. The molecule has 4 nitrogen and oxygen atoms in total. The van der Waals surface area contributed by atoms with Crippen molar-refractivity contribution in [2.45, 2.75) is 25.2 Å². The van der Waals surface area contributed by atoms with Crippen molar-refractivity contribution >= 4 is 0 Å². The third-order valence-corrected chi connectivity index (χ3v) is 1.23. The molecule has 0 aromatic rings. The van der Waals surface area contributed by atoms with E-state index < -0.39 is 18.3 Å². The Bertz CT molecular complexity index is 83.8. The second-order valence-electron chi connectivity index (χ2n) is 2.25. The quantitative estimate of drug-likeness (QED) is 0.467. The van der Waals surface area contributed by atoms with Gasteiger partial charge < -0.3 is 20.1 Å². The Labute approximate surface area is 60.1 Å². The van der Waals surface area contributed by atoms with E-state index in [9.17, 15) is 0 Å². The Kier molecular flexibility index (Phi) is 4.55. The van der Waals surface area contributed by atoms with Crippen molar-refractivity contribution in [3.05, 3.63) is 0 Å². The fourth-order valence-corrected chi connectivity index (χ4v) is 0.591. The second kappa shape index (κ2) is 4.62. The van der Waals surface area contributed by atoms with Gasteiger partial charge in [0.1, 0.15) is 12.2 Å². The number of methoxy groups -OCH3 is 1. The SMILES string of the molecule is COCC(O)C(O)C(C)O. The molecular formula is C6H14O4. The lowest BCUT2D eigenvalue weighted by Crippen LogP contribution is -2.38. The molecular weight excluding hydrogens is 136 g/mol. The van der Waals surface area contributed by atoms with Crippen molar-refractivity contribution in [1.82, 2.24) is 0 Å². The Morgan fingerprint density at radius 3 is 2.10 bits per heavy atom. The predicted octanol–water partition coefficient (Wildman–Crippen LogP) is -1.26. The maximum Gasteiger partial charge on any atom is 0.108 e. The lowest BCUT2D eigenvalue weighted by Gasteiger charge is -2.18. The highest BCUT2D eigenvalue weighted by molar-refractivity contribution is 4.70. The van der Waals surface area contributed by atoms with Gasteiger partial charge in [0.2, 0.25) is 0 Å². The van der Waals surface area contributed by atoms with Gasteiger partial charge in [-0.3, -0.25) is 0 Å². The molecule has 0 aliphatic heterocycles. The summed E-state index contributed by atoms with van der Waals surface area (Å²) in [5, 5.41) is 26.7. The summed E-state index contributed by atoms with van der Waals surface area (Å²) in [6.45, 7) is 1.44. The van der Waals surface area contributed by atoms with E-state index in [0.29, 0.717) is 0 Å².